The summed E-state index contributed by atoms with van der Waals surface area (Å²) in [4.78, 5) is 11.3. The van der Waals surface area contributed by atoms with Gasteiger partial charge in [0.05, 0.1) is 23.2 Å². The predicted molar refractivity (Wildman–Crippen MR) is 109 cm³/mol. The number of hydrogen-bond donors (Lipinski definition) is 3. The SMILES string of the molecule is O=C(CC(F)(F)F)NCc1ccc(NC[C@@](O)(c2cc(C(F)(F)F)cc(C(F)(F)F)c2)C(F)(F)F)cc1C(F)(F)F. The van der Waals surface area contributed by atoms with Gasteiger partial charge in [-0.3, -0.25) is 4.79 Å². The summed E-state index contributed by atoms with van der Waals surface area (Å²) in [7, 11) is 0. The van der Waals surface area contributed by atoms with Gasteiger partial charge in [-0.1, -0.05) is 6.07 Å². The van der Waals surface area contributed by atoms with Gasteiger partial charge >= 0.3 is 30.9 Å². The van der Waals surface area contributed by atoms with E-state index < -0.39 is 114 Å². The number of alkyl halides is 15. The summed E-state index contributed by atoms with van der Waals surface area (Å²) in [6.07, 6.45) is -29.5. The van der Waals surface area contributed by atoms with Crippen molar-refractivity contribution >= 4 is 11.6 Å². The second-order valence-electron chi connectivity index (χ2n) is 8.44. The molecule has 2 aromatic carbocycles. The van der Waals surface area contributed by atoms with Gasteiger partial charge in [0.2, 0.25) is 11.5 Å². The number of rotatable bonds is 7. The Hall–Kier alpha value is -3.38. The molecule has 0 radical (unpaired) electrons. The van der Waals surface area contributed by atoms with Gasteiger partial charge in [0.1, 0.15) is 6.42 Å². The molecular weight excluding hydrogens is 609 g/mol. The zero-order chi connectivity index (χ0) is 31.8. The molecule has 230 valence electrons. The van der Waals surface area contributed by atoms with E-state index in [9.17, 15) is 75.8 Å². The lowest BCUT2D eigenvalue weighted by molar-refractivity contribution is -0.261. The fraction of sp³-hybridized carbons (Fsp3) is 0.409. The Morgan fingerprint density at radius 2 is 1.17 bits per heavy atom. The smallest absolute Gasteiger partial charge is 0.381 e. The summed E-state index contributed by atoms with van der Waals surface area (Å²) in [5.74, 6) is -1.71. The lowest BCUT2D eigenvalue weighted by Crippen LogP contribution is -2.48. The minimum absolute atomic E-state index is 0.106. The predicted octanol–water partition coefficient (Wildman–Crippen LogP) is 7.17. The monoisotopic (exact) mass is 624 g/mol. The summed E-state index contributed by atoms with van der Waals surface area (Å²) in [6, 6.07) is -0.0658. The van der Waals surface area contributed by atoms with Crippen LogP contribution in [0, 0.1) is 0 Å². The second-order valence-corrected chi connectivity index (χ2v) is 8.44. The standard InChI is InChI=1S/C22H15F15N2O2/c23-18(24,25)7-16(40)38-8-10-1-2-14(6-15(10)21(32,33)34)39-9-17(41,22(35,36)37)11-3-12(19(26,27)28)5-13(4-11)20(29,30)31/h1-6,39,41H,7-9H2,(H,38,40)/t17-/m1/s1. The number of carbonyl (C=O) groups excluding carboxylic acids is 1. The first-order valence-corrected chi connectivity index (χ1v) is 10.6. The van der Waals surface area contributed by atoms with E-state index in [4.69, 9.17) is 0 Å². The molecule has 0 bridgehead atoms. The van der Waals surface area contributed by atoms with Crippen LogP contribution in [0.4, 0.5) is 71.5 Å². The Morgan fingerprint density at radius 3 is 1.59 bits per heavy atom. The fourth-order valence-electron chi connectivity index (χ4n) is 3.33. The van der Waals surface area contributed by atoms with Crippen LogP contribution in [-0.2, 0) is 35.5 Å². The molecular formula is C22H15F15N2O2. The largest absolute Gasteiger partial charge is 0.423 e. The number of carbonyl (C=O) groups is 1. The van der Waals surface area contributed by atoms with E-state index in [0.29, 0.717) is 12.1 Å². The van der Waals surface area contributed by atoms with Crippen molar-refractivity contribution in [2.75, 3.05) is 11.9 Å². The third-order valence-electron chi connectivity index (χ3n) is 5.33. The molecule has 0 aliphatic heterocycles. The van der Waals surface area contributed by atoms with Crippen LogP contribution >= 0.6 is 0 Å². The fourth-order valence-corrected chi connectivity index (χ4v) is 3.33. The molecule has 0 saturated heterocycles. The summed E-state index contributed by atoms with van der Waals surface area (Å²) in [5.41, 5.74) is -14.3. The maximum Gasteiger partial charge on any atom is 0.423 e. The van der Waals surface area contributed by atoms with Crippen LogP contribution in [0.15, 0.2) is 36.4 Å². The van der Waals surface area contributed by atoms with Crippen LogP contribution in [0.5, 0.6) is 0 Å². The van der Waals surface area contributed by atoms with Crippen molar-refractivity contribution in [1.29, 1.82) is 0 Å². The van der Waals surface area contributed by atoms with Crippen LogP contribution < -0.4 is 10.6 Å². The van der Waals surface area contributed by atoms with Crippen molar-refractivity contribution in [1.82, 2.24) is 5.32 Å². The molecule has 4 nitrogen and oxygen atoms in total. The first-order valence-electron chi connectivity index (χ1n) is 10.6. The maximum absolute atomic E-state index is 13.8. The molecule has 0 aliphatic carbocycles. The molecule has 0 aliphatic rings. The Bertz CT molecular complexity index is 1210. The molecule has 2 aromatic rings. The molecule has 0 aromatic heterocycles. The molecule has 3 N–H and O–H groups in total. The average Bonchev–Trinajstić information content (AvgIpc) is 2.77. The van der Waals surface area contributed by atoms with E-state index in [1.165, 1.54) is 0 Å². The number of halogens is 15. The summed E-state index contributed by atoms with van der Waals surface area (Å²) >= 11 is 0. The molecule has 0 spiro atoms. The van der Waals surface area contributed by atoms with Crippen molar-refractivity contribution in [3.8, 4) is 0 Å². The summed E-state index contributed by atoms with van der Waals surface area (Å²) in [6.45, 7) is -3.09. The van der Waals surface area contributed by atoms with Crippen molar-refractivity contribution in [2.24, 2.45) is 0 Å². The van der Waals surface area contributed by atoms with Crippen molar-refractivity contribution in [3.63, 3.8) is 0 Å². The Labute approximate surface area is 219 Å². The summed E-state index contributed by atoms with van der Waals surface area (Å²) in [5, 5.41) is 13.5. The van der Waals surface area contributed by atoms with Crippen LogP contribution in [0.25, 0.3) is 0 Å². The number of amides is 1. The first-order chi connectivity index (χ1) is 18.2. The van der Waals surface area contributed by atoms with Gasteiger partial charge < -0.3 is 15.7 Å². The van der Waals surface area contributed by atoms with Crippen LogP contribution in [0.3, 0.4) is 0 Å². The highest BCUT2D eigenvalue weighted by atomic mass is 19.4. The highest BCUT2D eigenvalue weighted by molar-refractivity contribution is 5.76. The number of hydrogen-bond acceptors (Lipinski definition) is 3. The van der Waals surface area contributed by atoms with Gasteiger partial charge in [-0.15, -0.1) is 0 Å². The Morgan fingerprint density at radius 1 is 0.683 bits per heavy atom. The Kier molecular flexibility index (Phi) is 9.18. The first kappa shape index (κ1) is 33.8. The highest BCUT2D eigenvalue weighted by Crippen LogP contribution is 2.44. The van der Waals surface area contributed by atoms with Crippen molar-refractivity contribution in [2.45, 2.75) is 49.4 Å². The van der Waals surface area contributed by atoms with E-state index in [-0.39, 0.29) is 6.07 Å². The topological polar surface area (TPSA) is 61.4 Å². The van der Waals surface area contributed by atoms with E-state index in [1.54, 1.807) is 10.6 Å². The molecule has 1 amide bonds. The molecule has 0 unspecified atom stereocenters. The van der Waals surface area contributed by atoms with Crippen molar-refractivity contribution in [3.05, 3.63) is 64.2 Å². The zero-order valence-corrected chi connectivity index (χ0v) is 19.6. The van der Waals surface area contributed by atoms with Crippen molar-refractivity contribution < 1.29 is 75.8 Å². The van der Waals surface area contributed by atoms with E-state index in [2.05, 4.69) is 0 Å². The number of aliphatic hydroxyl groups is 1. The molecule has 0 saturated carbocycles. The Balaban J connectivity index is 2.48. The third-order valence-corrected chi connectivity index (χ3v) is 5.33. The molecule has 2 rings (SSSR count). The van der Waals surface area contributed by atoms with E-state index >= 15 is 0 Å². The quantitative estimate of drug-likeness (QED) is 0.287. The van der Waals surface area contributed by atoms with Gasteiger partial charge in [0.15, 0.2) is 0 Å². The third kappa shape index (κ3) is 8.80. The average molecular weight is 624 g/mol. The lowest BCUT2D eigenvalue weighted by Gasteiger charge is -2.32. The number of anilines is 1. The normalized spacial score (nSPS) is 14.9. The maximum atomic E-state index is 13.8. The van der Waals surface area contributed by atoms with E-state index in [1.807, 2.05) is 0 Å². The molecule has 1 atom stereocenters. The minimum atomic E-state index is -5.97. The molecule has 41 heavy (non-hydrogen) atoms. The van der Waals surface area contributed by atoms with Gasteiger partial charge in [0.25, 0.3) is 0 Å². The number of benzene rings is 2. The van der Waals surface area contributed by atoms with Gasteiger partial charge in [0, 0.05) is 12.2 Å². The second kappa shape index (κ2) is 11.1. The van der Waals surface area contributed by atoms with Crippen LogP contribution in [0.1, 0.15) is 34.2 Å². The van der Waals surface area contributed by atoms with E-state index in [0.717, 1.165) is 0 Å². The highest BCUT2D eigenvalue weighted by Gasteiger charge is 2.56. The minimum Gasteiger partial charge on any atom is -0.381 e. The van der Waals surface area contributed by atoms with Gasteiger partial charge in [-0.2, -0.15) is 65.9 Å². The number of nitrogens with one attached hydrogen (secondary N) is 2. The molecule has 0 fully saturated rings. The molecule has 19 heteroatoms. The van der Waals surface area contributed by atoms with Crippen LogP contribution in [0.2, 0.25) is 0 Å². The zero-order valence-electron chi connectivity index (χ0n) is 19.6. The van der Waals surface area contributed by atoms with Crippen LogP contribution in [-0.4, -0.2) is 29.9 Å². The lowest BCUT2D eigenvalue weighted by atomic mass is 9.89. The molecule has 0 heterocycles. The summed E-state index contributed by atoms with van der Waals surface area (Å²) < 4.78 is 197. The van der Waals surface area contributed by atoms with Gasteiger partial charge in [-0.25, -0.2) is 0 Å². The van der Waals surface area contributed by atoms with Gasteiger partial charge in [-0.05, 0) is 41.5 Å².